The average molecular weight is 635 g/mol. The number of aliphatic hydroxyl groups is 2. The highest BCUT2D eigenvalue weighted by molar-refractivity contribution is 5.75. The molecule has 252 valence electrons. The number of aliphatic hydroxyl groups excluding tert-OH is 2. The molecule has 16 nitrogen and oxygen atoms in total. The first-order valence-corrected chi connectivity index (χ1v) is 14.6. The Morgan fingerprint density at radius 3 is 2.09 bits per heavy atom. The van der Waals surface area contributed by atoms with Gasteiger partial charge in [-0.15, -0.1) is 0 Å². The van der Waals surface area contributed by atoms with Crippen LogP contribution in [-0.2, 0) is 57.1 Å². The van der Waals surface area contributed by atoms with Gasteiger partial charge in [-0.05, 0) is 25.7 Å². The van der Waals surface area contributed by atoms with E-state index in [1.165, 1.54) is 21.0 Å². The van der Waals surface area contributed by atoms with E-state index in [4.69, 9.17) is 33.2 Å². The number of rotatable bonds is 17. The molecule has 2 amide bonds. The molecule has 0 aliphatic carbocycles. The molecule has 0 aromatic carbocycles. The molecule has 0 radical (unpaired) electrons. The van der Waals surface area contributed by atoms with Gasteiger partial charge in [-0.2, -0.15) is 0 Å². The Labute approximate surface area is 256 Å². The van der Waals surface area contributed by atoms with Gasteiger partial charge < -0.3 is 54.0 Å². The van der Waals surface area contributed by atoms with Gasteiger partial charge in [0.05, 0.1) is 12.7 Å². The van der Waals surface area contributed by atoms with E-state index < -0.39 is 72.8 Å². The van der Waals surface area contributed by atoms with E-state index in [0.717, 1.165) is 13.8 Å². The summed E-state index contributed by atoms with van der Waals surface area (Å²) >= 11 is 0. The number of nitrogens with one attached hydrogen (secondary N) is 2. The van der Waals surface area contributed by atoms with Crippen LogP contribution in [0.3, 0.4) is 0 Å². The summed E-state index contributed by atoms with van der Waals surface area (Å²) in [5.41, 5.74) is 0. The number of carbonyl (C=O) groups excluding carboxylic acids is 5. The van der Waals surface area contributed by atoms with Crippen LogP contribution in [-0.4, -0.2) is 128 Å². The predicted octanol–water partition coefficient (Wildman–Crippen LogP) is -1.14. The first kappa shape index (κ1) is 37.3. The van der Waals surface area contributed by atoms with Crippen molar-refractivity contribution in [1.82, 2.24) is 10.6 Å². The quantitative estimate of drug-likeness (QED) is 0.0846. The van der Waals surface area contributed by atoms with Crippen molar-refractivity contribution in [2.75, 3.05) is 33.5 Å². The van der Waals surface area contributed by atoms with Crippen LogP contribution in [0.1, 0.15) is 59.8 Å². The van der Waals surface area contributed by atoms with Gasteiger partial charge >= 0.3 is 17.9 Å². The Morgan fingerprint density at radius 2 is 1.50 bits per heavy atom. The van der Waals surface area contributed by atoms with Gasteiger partial charge in [0.15, 0.2) is 18.5 Å². The van der Waals surface area contributed by atoms with Crippen LogP contribution in [0.4, 0.5) is 0 Å². The molecular formula is C28H46N2O14. The van der Waals surface area contributed by atoms with Crippen molar-refractivity contribution in [2.45, 2.75) is 115 Å². The minimum atomic E-state index is -1.21. The maximum absolute atomic E-state index is 12.3. The minimum absolute atomic E-state index is 0.102. The highest BCUT2D eigenvalue weighted by Crippen LogP contribution is 2.29. The smallest absolute Gasteiger partial charge is 0.303 e. The van der Waals surface area contributed by atoms with E-state index in [2.05, 4.69) is 10.6 Å². The molecule has 44 heavy (non-hydrogen) atoms. The molecule has 2 aliphatic rings. The van der Waals surface area contributed by atoms with E-state index in [-0.39, 0.29) is 38.3 Å². The second-order valence-corrected chi connectivity index (χ2v) is 10.6. The van der Waals surface area contributed by atoms with Crippen molar-refractivity contribution in [1.29, 1.82) is 0 Å². The standard InChI is InChI=1S/C28H46N2O14/c1-15(32)30-23-27(42-18(4)35)26(41-17(3)34)21(14-40-16(2)33)44-28(23)39-12-7-6-10-22(36)29-11-8-9-19-25(38-5)24(37)20(13-31)43-19/h19-21,23-28,31,37H,6-14H2,1-5H3,(H,29,36)(H,30,32)/t19-,20+,21+,23+,24+,25-,26-,27+,28+/m0/s1. The summed E-state index contributed by atoms with van der Waals surface area (Å²) in [6, 6.07) is -1.06. The van der Waals surface area contributed by atoms with Gasteiger partial charge in [-0.25, -0.2) is 0 Å². The van der Waals surface area contributed by atoms with Crippen LogP contribution in [0.2, 0.25) is 0 Å². The van der Waals surface area contributed by atoms with E-state index in [1.54, 1.807) is 0 Å². The van der Waals surface area contributed by atoms with E-state index in [0.29, 0.717) is 32.2 Å². The summed E-state index contributed by atoms with van der Waals surface area (Å²) in [7, 11) is 1.47. The molecule has 2 fully saturated rings. The number of hydrogen-bond acceptors (Lipinski definition) is 14. The fourth-order valence-electron chi connectivity index (χ4n) is 5.13. The topological polar surface area (TPSA) is 214 Å². The summed E-state index contributed by atoms with van der Waals surface area (Å²) in [5, 5.41) is 24.9. The average Bonchev–Trinajstić information content (AvgIpc) is 3.25. The minimum Gasteiger partial charge on any atom is -0.463 e. The Morgan fingerprint density at radius 1 is 0.818 bits per heavy atom. The third-order valence-electron chi connectivity index (χ3n) is 7.02. The van der Waals surface area contributed by atoms with Crippen LogP contribution in [0.5, 0.6) is 0 Å². The lowest BCUT2D eigenvalue weighted by atomic mass is 9.96. The summed E-state index contributed by atoms with van der Waals surface area (Å²) in [6.07, 6.45) is -4.97. The van der Waals surface area contributed by atoms with E-state index in [1.807, 2.05) is 0 Å². The fourth-order valence-corrected chi connectivity index (χ4v) is 5.13. The third-order valence-corrected chi connectivity index (χ3v) is 7.02. The fraction of sp³-hybridized carbons (Fsp3) is 0.821. The summed E-state index contributed by atoms with van der Waals surface area (Å²) < 4.78 is 38.6. The van der Waals surface area contributed by atoms with Crippen molar-refractivity contribution in [3.05, 3.63) is 0 Å². The molecular weight excluding hydrogens is 588 g/mol. The largest absolute Gasteiger partial charge is 0.463 e. The SMILES string of the molecule is CO[C@@H]1[C@H](O)[C@@H](CO)O[C@H]1CCCNC(=O)CCCCO[C@@H]1O[C@H](COC(C)=O)[C@H](OC(C)=O)[C@H](OC(C)=O)[C@H]1NC(C)=O. The van der Waals surface area contributed by atoms with Crippen molar-refractivity contribution in [3.8, 4) is 0 Å². The molecule has 2 saturated heterocycles. The number of ether oxygens (including phenoxy) is 7. The Hall–Kier alpha value is -2.89. The third kappa shape index (κ3) is 11.9. The lowest BCUT2D eigenvalue weighted by Crippen LogP contribution is -2.66. The zero-order chi connectivity index (χ0) is 32.8. The zero-order valence-electron chi connectivity index (χ0n) is 25.9. The van der Waals surface area contributed by atoms with E-state index >= 15 is 0 Å². The molecule has 2 rings (SSSR count). The molecule has 0 bridgehead atoms. The molecule has 9 atom stereocenters. The predicted molar refractivity (Wildman–Crippen MR) is 149 cm³/mol. The van der Waals surface area contributed by atoms with Crippen molar-refractivity contribution in [3.63, 3.8) is 0 Å². The van der Waals surface area contributed by atoms with Gasteiger partial charge in [0.25, 0.3) is 0 Å². The zero-order valence-corrected chi connectivity index (χ0v) is 25.9. The lowest BCUT2D eigenvalue weighted by Gasteiger charge is -2.44. The first-order chi connectivity index (χ1) is 20.9. The maximum atomic E-state index is 12.3. The van der Waals surface area contributed by atoms with E-state index in [9.17, 15) is 34.2 Å². The van der Waals surface area contributed by atoms with Gasteiger partial charge in [-0.3, -0.25) is 24.0 Å². The highest BCUT2D eigenvalue weighted by Gasteiger charge is 2.51. The van der Waals surface area contributed by atoms with Crippen molar-refractivity contribution in [2.24, 2.45) is 0 Å². The summed E-state index contributed by atoms with van der Waals surface area (Å²) in [4.78, 5) is 59.5. The number of methoxy groups -OCH3 is 1. The van der Waals surface area contributed by atoms with Crippen LogP contribution < -0.4 is 10.6 Å². The monoisotopic (exact) mass is 634 g/mol. The van der Waals surface area contributed by atoms with Gasteiger partial charge in [0.1, 0.15) is 37.1 Å². The number of amides is 2. The Balaban J connectivity index is 1.88. The number of carbonyl (C=O) groups is 5. The Kier molecular flexibility index (Phi) is 15.9. The molecule has 0 aromatic heterocycles. The second kappa shape index (κ2) is 18.8. The normalized spacial score (nSPS) is 29.8. The van der Waals surface area contributed by atoms with Gasteiger partial charge in [0.2, 0.25) is 11.8 Å². The second-order valence-electron chi connectivity index (χ2n) is 10.6. The molecule has 2 heterocycles. The summed E-state index contributed by atoms with van der Waals surface area (Å²) in [5.74, 6) is -2.68. The first-order valence-electron chi connectivity index (χ1n) is 14.6. The highest BCUT2D eigenvalue weighted by atomic mass is 16.7. The molecule has 0 spiro atoms. The van der Waals surface area contributed by atoms with Crippen molar-refractivity contribution >= 4 is 29.7 Å². The van der Waals surface area contributed by atoms with Gasteiger partial charge in [-0.1, -0.05) is 0 Å². The van der Waals surface area contributed by atoms with Crippen LogP contribution in [0.25, 0.3) is 0 Å². The molecule has 16 heteroatoms. The van der Waals surface area contributed by atoms with Crippen LogP contribution in [0, 0.1) is 0 Å². The Bertz CT molecular complexity index is 965. The molecule has 0 unspecified atom stereocenters. The van der Waals surface area contributed by atoms with Crippen molar-refractivity contribution < 1.29 is 67.3 Å². The van der Waals surface area contributed by atoms with Crippen LogP contribution >= 0.6 is 0 Å². The lowest BCUT2D eigenvalue weighted by molar-refractivity contribution is -0.277. The number of hydrogen-bond donors (Lipinski definition) is 4. The van der Waals surface area contributed by atoms with Gasteiger partial charge in [0, 0.05) is 54.4 Å². The molecule has 2 aliphatic heterocycles. The maximum Gasteiger partial charge on any atom is 0.303 e. The molecule has 0 saturated carbocycles. The summed E-state index contributed by atoms with van der Waals surface area (Å²) in [6.45, 7) is 4.60. The number of unbranched alkanes of at least 4 members (excludes halogenated alkanes) is 1. The van der Waals surface area contributed by atoms with Crippen LogP contribution in [0.15, 0.2) is 0 Å². The molecule has 4 N–H and O–H groups in total. The number of esters is 3. The molecule has 0 aromatic rings.